The number of ether oxygens (including phenoxy) is 1. The molecule has 0 saturated carbocycles. The van der Waals surface area contributed by atoms with Crippen LogP contribution in [0, 0.1) is 10.1 Å². The third-order valence-corrected chi connectivity index (χ3v) is 3.63. The minimum absolute atomic E-state index is 0.0332. The monoisotopic (exact) mass is 361 g/mol. The number of nitrogens with zero attached hydrogens (tertiary/aromatic N) is 3. The maximum Gasteiger partial charge on any atom is 0.420 e. The molecular formula is C14H14F3N3O5. The number of halogens is 3. The van der Waals surface area contributed by atoms with Gasteiger partial charge in [0.15, 0.2) is 0 Å². The predicted molar refractivity (Wildman–Crippen MR) is 79.6 cm³/mol. The molecule has 1 aromatic rings. The molecule has 1 aromatic heterocycles. The summed E-state index contributed by atoms with van der Waals surface area (Å²) in [6, 6.07) is -0.324. The van der Waals surface area contributed by atoms with Crippen LogP contribution in [-0.2, 0) is 10.9 Å². The van der Waals surface area contributed by atoms with E-state index in [1.165, 1.54) is 11.0 Å². The lowest BCUT2D eigenvalue weighted by atomic mass is 10.1. The molecule has 1 N–H and O–H groups in total. The highest BCUT2D eigenvalue weighted by Crippen LogP contribution is 2.39. The normalized spacial score (nSPS) is 18.0. The van der Waals surface area contributed by atoms with Crippen molar-refractivity contribution in [1.82, 2.24) is 4.98 Å². The van der Waals surface area contributed by atoms with E-state index in [-0.39, 0.29) is 32.2 Å². The first-order valence-electron chi connectivity index (χ1n) is 7.12. The van der Waals surface area contributed by atoms with Gasteiger partial charge in [0.05, 0.1) is 24.2 Å². The van der Waals surface area contributed by atoms with Crippen molar-refractivity contribution in [3.63, 3.8) is 0 Å². The van der Waals surface area contributed by atoms with E-state index >= 15 is 0 Å². The number of aromatic nitrogens is 1. The third kappa shape index (κ3) is 3.87. The molecule has 2 heterocycles. The number of aromatic carboxylic acids is 1. The van der Waals surface area contributed by atoms with Crippen LogP contribution in [0.15, 0.2) is 18.7 Å². The van der Waals surface area contributed by atoms with E-state index in [4.69, 9.17) is 9.84 Å². The van der Waals surface area contributed by atoms with Crippen LogP contribution in [0.5, 0.6) is 0 Å². The zero-order valence-corrected chi connectivity index (χ0v) is 12.8. The average molecular weight is 361 g/mol. The summed E-state index contributed by atoms with van der Waals surface area (Å²) in [6.07, 6.45) is -3.18. The summed E-state index contributed by atoms with van der Waals surface area (Å²) in [4.78, 5) is 25.7. The second kappa shape index (κ2) is 7.05. The van der Waals surface area contributed by atoms with Gasteiger partial charge < -0.3 is 14.7 Å². The Kier molecular flexibility index (Phi) is 5.26. The lowest BCUT2D eigenvalue weighted by molar-refractivity contribution is -0.385. The van der Waals surface area contributed by atoms with Gasteiger partial charge in [0.25, 0.3) is 0 Å². The number of hydrogen-bond donors (Lipinski definition) is 1. The molecule has 1 aliphatic rings. The summed E-state index contributed by atoms with van der Waals surface area (Å²) >= 11 is 0. The Bertz CT molecular complexity index is 708. The Balaban J connectivity index is 2.69. The van der Waals surface area contributed by atoms with Crippen LogP contribution in [-0.4, -0.2) is 46.8 Å². The first-order valence-corrected chi connectivity index (χ1v) is 7.12. The van der Waals surface area contributed by atoms with Gasteiger partial charge in [-0.15, -0.1) is 6.58 Å². The zero-order chi connectivity index (χ0) is 18.8. The number of hydrogen-bond acceptors (Lipinski definition) is 6. The number of morpholine rings is 1. The van der Waals surface area contributed by atoms with Crippen molar-refractivity contribution < 1.29 is 32.7 Å². The van der Waals surface area contributed by atoms with Gasteiger partial charge >= 0.3 is 17.8 Å². The number of pyridine rings is 1. The summed E-state index contributed by atoms with van der Waals surface area (Å²) < 4.78 is 45.4. The molecule has 11 heteroatoms. The van der Waals surface area contributed by atoms with Gasteiger partial charge in [-0.25, -0.2) is 9.78 Å². The molecule has 0 bridgehead atoms. The standard InChI is InChI=1S/C14H14F3N3O5/c1-2-3-8-7-25-5-4-19(8)12-9(14(15,16)17)6-10(20(23)24)11(18-12)13(21)22/h2,6,8H,1,3-5,7H2,(H,21,22)/t8-/m1/s1. The quantitative estimate of drug-likeness (QED) is 0.488. The molecule has 136 valence electrons. The summed E-state index contributed by atoms with van der Waals surface area (Å²) in [5.74, 6) is -2.44. The van der Waals surface area contributed by atoms with Crippen molar-refractivity contribution in [2.75, 3.05) is 24.7 Å². The minimum atomic E-state index is -4.94. The van der Waals surface area contributed by atoms with Gasteiger partial charge in [0.2, 0.25) is 5.69 Å². The van der Waals surface area contributed by atoms with Crippen molar-refractivity contribution in [3.8, 4) is 0 Å². The molecule has 1 aliphatic heterocycles. The van der Waals surface area contributed by atoms with Crippen molar-refractivity contribution in [2.24, 2.45) is 0 Å². The molecule has 0 amide bonds. The van der Waals surface area contributed by atoms with Crippen LogP contribution in [0.1, 0.15) is 22.5 Å². The van der Waals surface area contributed by atoms with E-state index in [9.17, 15) is 28.1 Å². The first-order chi connectivity index (χ1) is 11.7. The number of alkyl halides is 3. The number of carboxylic acid groups (broad SMARTS) is 1. The zero-order valence-electron chi connectivity index (χ0n) is 12.8. The van der Waals surface area contributed by atoms with Crippen molar-refractivity contribution in [1.29, 1.82) is 0 Å². The number of nitro groups is 1. The van der Waals surface area contributed by atoms with E-state index in [0.29, 0.717) is 0 Å². The first kappa shape index (κ1) is 18.6. The van der Waals surface area contributed by atoms with E-state index in [0.717, 1.165) is 0 Å². The molecule has 2 rings (SSSR count). The van der Waals surface area contributed by atoms with Gasteiger partial charge in [0.1, 0.15) is 11.4 Å². The highest BCUT2D eigenvalue weighted by atomic mass is 19.4. The largest absolute Gasteiger partial charge is 0.476 e. The fourth-order valence-electron chi connectivity index (χ4n) is 2.54. The van der Waals surface area contributed by atoms with Gasteiger partial charge in [-0.1, -0.05) is 6.08 Å². The lowest BCUT2D eigenvalue weighted by Gasteiger charge is -2.37. The van der Waals surface area contributed by atoms with Crippen LogP contribution < -0.4 is 4.90 Å². The number of carbonyl (C=O) groups is 1. The number of rotatable bonds is 5. The maximum absolute atomic E-state index is 13.4. The van der Waals surface area contributed by atoms with E-state index in [2.05, 4.69) is 11.6 Å². The van der Waals surface area contributed by atoms with Crippen LogP contribution in [0.4, 0.5) is 24.7 Å². The predicted octanol–water partition coefficient (Wildman–Crippen LogP) is 2.49. The van der Waals surface area contributed by atoms with Crippen LogP contribution in [0.25, 0.3) is 0 Å². The Morgan fingerprint density at radius 3 is 2.80 bits per heavy atom. The molecule has 0 unspecified atom stereocenters. The second-order valence-corrected chi connectivity index (χ2v) is 5.23. The van der Waals surface area contributed by atoms with E-state index in [1.807, 2.05) is 0 Å². The van der Waals surface area contributed by atoms with Gasteiger partial charge in [0, 0.05) is 12.6 Å². The lowest BCUT2D eigenvalue weighted by Crippen LogP contribution is -2.46. The minimum Gasteiger partial charge on any atom is -0.476 e. The second-order valence-electron chi connectivity index (χ2n) is 5.23. The Labute approximate surface area is 139 Å². The SMILES string of the molecule is C=CC[C@@H]1COCCN1c1nc(C(=O)O)c([N+](=O)[O-])cc1C(F)(F)F. The molecule has 1 fully saturated rings. The Morgan fingerprint density at radius 2 is 2.28 bits per heavy atom. The van der Waals surface area contributed by atoms with Crippen LogP contribution in [0.3, 0.4) is 0 Å². The van der Waals surface area contributed by atoms with Gasteiger partial charge in [-0.05, 0) is 6.42 Å². The summed E-state index contributed by atoms with van der Waals surface area (Å²) in [5, 5.41) is 20.0. The highest BCUT2D eigenvalue weighted by Gasteiger charge is 2.41. The van der Waals surface area contributed by atoms with Gasteiger partial charge in [-0.2, -0.15) is 13.2 Å². The molecule has 0 spiro atoms. The summed E-state index contributed by atoms with van der Waals surface area (Å²) in [6.45, 7) is 3.78. The fraction of sp³-hybridized carbons (Fsp3) is 0.429. The molecule has 8 nitrogen and oxygen atoms in total. The topological polar surface area (TPSA) is 106 Å². The number of anilines is 1. The van der Waals surface area contributed by atoms with E-state index < -0.39 is 45.9 Å². The molecule has 0 radical (unpaired) electrons. The van der Waals surface area contributed by atoms with E-state index in [1.54, 1.807) is 0 Å². The third-order valence-electron chi connectivity index (χ3n) is 3.63. The maximum atomic E-state index is 13.4. The Morgan fingerprint density at radius 1 is 1.60 bits per heavy atom. The van der Waals surface area contributed by atoms with Crippen molar-refractivity contribution in [3.05, 3.63) is 40.1 Å². The molecule has 1 atom stereocenters. The van der Waals surface area contributed by atoms with Gasteiger partial charge in [-0.3, -0.25) is 10.1 Å². The molecule has 1 saturated heterocycles. The summed E-state index contributed by atoms with van der Waals surface area (Å²) in [5.41, 5.74) is -3.62. The summed E-state index contributed by atoms with van der Waals surface area (Å²) in [7, 11) is 0. The molecule has 0 aliphatic carbocycles. The van der Waals surface area contributed by atoms with Crippen LogP contribution >= 0.6 is 0 Å². The van der Waals surface area contributed by atoms with Crippen LogP contribution in [0.2, 0.25) is 0 Å². The average Bonchev–Trinajstić information content (AvgIpc) is 2.53. The molecular weight excluding hydrogens is 347 g/mol. The highest BCUT2D eigenvalue weighted by molar-refractivity contribution is 5.91. The molecule has 25 heavy (non-hydrogen) atoms. The molecule has 0 aromatic carbocycles. The fourth-order valence-corrected chi connectivity index (χ4v) is 2.54. The number of carboxylic acids is 1. The Hall–Kier alpha value is -2.69. The van der Waals surface area contributed by atoms with Crippen molar-refractivity contribution in [2.45, 2.75) is 18.6 Å². The van der Waals surface area contributed by atoms with Crippen molar-refractivity contribution >= 4 is 17.5 Å². The smallest absolute Gasteiger partial charge is 0.420 e.